The summed E-state index contributed by atoms with van der Waals surface area (Å²) in [5.74, 6) is 1.77. The molecule has 0 radical (unpaired) electrons. The summed E-state index contributed by atoms with van der Waals surface area (Å²) < 4.78 is 0. The third kappa shape index (κ3) is 3.36. The molecule has 0 aliphatic heterocycles. The SMILES string of the molecule is CCSC1CCC(Nc2nc(C)cc(C#N)n2)C1. The van der Waals surface area contributed by atoms with Crippen LogP contribution in [0.2, 0.25) is 0 Å². The molecular formula is C13H18N4S. The van der Waals surface area contributed by atoms with Crippen LogP contribution in [-0.4, -0.2) is 27.0 Å². The van der Waals surface area contributed by atoms with E-state index in [0.29, 0.717) is 17.7 Å². The minimum atomic E-state index is 0.433. The molecule has 1 N–H and O–H groups in total. The van der Waals surface area contributed by atoms with E-state index >= 15 is 0 Å². The molecule has 96 valence electrons. The monoisotopic (exact) mass is 262 g/mol. The van der Waals surface area contributed by atoms with Gasteiger partial charge in [0.05, 0.1) is 0 Å². The van der Waals surface area contributed by atoms with Crippen LogP contribution < -0.4 is 5.32 Å². The van der Waals surface area contributed by atoms with Crippen LogP contribution in [0.3, 0.4) is 0 Å². The van der Waals surface area contributed by atoms with E-state index in [1.807, 2.05) is 18.7 Å². The first kappa shape index (κ1) is 13.2. The summed E-state index contributed by atoms with van der Waals surface area (Å²) in [4.78, 5) is 8.53. The highest BCUT2D eigenvalue weighted by atomic mass is 32.2. The molecule has 1 aliphatic rings. The highest BCUT2D eigenvalue weighted by Crippen LogP contribution is 2.31. The molecule has 1 heterocycles. The van der Waals surface area contributed by atoms with Crippen LogP contribution in [0.25, 0.3) is 0 Å². The van der Waals surface area contributed by atoms with Crippen molar-refractivity contribution < 1.29 is 0 Å². The average molecular weight is 262 g/mol. The molecule has 1 aliphatic carbocycles. The summed E-state index contributed by atoms with van der Waals surface area (Å²) in [7, 11) is 0. The Morgan fingerprint density at radius 2 is 2.33 bits per heavy atom. The first-order valence-corrected chi connectivity index (χ1v) is 7.40. The van der Waals surface area contributed by atoms with Crippen molar-refractivity contribution in [2.75, 3.05) is 11.1 Å². The molecule has 1 aromatic heterocycles. The van der Waals surface area contributed by atoms with Crippen molar-refractivity contribution in [2.45, 2.75) is 44.4 Å². The van der Waals surface area contributed by atoms with Gasteiger partial charge in [-0.15, -0.1) is 0 Å². The van der Waals surface area contributed by atoms with Crippen molar-refractivity contribution in [1.82, 2.24) is 9.97 Å². The largest absolute Gasteiger partial charge is 0.351 e. The lowest BCUT2D eigenvalue weighted by atomic mass is 10.2. The van der Waals surface area contributed by atoms with E-state index in [4.69, 9.17) is 5.26 Å². The number of rotatable bonds is 4. The van der Waals surface area contributed by atoms with Gasteiger partial charge in [0.25, 0.3) is 0 Å². The Kier molecular flexibility index (Phi) is 4.43. The second-order valence-electron chi connectivity index (χ2n) is 4.56. The average Bonchev–Trinajstić information content (AvgIpc) is 2.76. The van der Waals surface area contributed by atoms with E-state index in [2.05, 4.69) is 28.3 Å². The van der Waals surface area contributed by atoms with Crippen LogP contribution in [0.15, 0.2) is 6.07 Å². The predicted molar refractivity (Wildman–Crippen MR) is 74.7 cm³/mol. The lowest BCUT2D eigenvalue weighted by Crippen LogP contribution is -2.18. The third-order valence-electron chi connectivity index (χ3n) is 3.09. The number of hydrogen-bond donors (Lipinski definition) is 1. The molecule has 2 rings (SSSR count). The van der Waals surface area contributed by atoms with E-state index in [9.17, 15) is 0 Å². The molecule has 0 spiro atoms. The number of aromatic nitrogens is 2. The van der Waals surface area contributed by atoms with Crippen LogP contribution in [-0.2, 0) is 0 Å². The summed E-state index contributed by atoms with van der Waals surface area (Å²) in [6.07, 6.45) is 3.58. The fourth-order valence-corrected chi connectivity index (χ4v) is 3.47. The summed E-state index contributed by atoms with van der Waals surface area (Å²) in [5.41, 5.74) is 1.27. The number of nitrogens with zero attached hydrogens (tertiary/aromatic N) is 3. The maximum Gasteiger partial charge on any atom is 0.224 e. The van der Waals surface area contributed by atoms with Crippen LogP contribution in [0.4, 0.5) is 5.95 Å². The van der Waals surface area contributed by atoms with Crippen LogP contribution in [0.1, 0.15) is 37.6 Å². The number of hydrogen-bond acceptors (Lipinski definition) is 5. The maximum absolute atomic E-state index is 8.89. The summed E-state index contributed by atoms with van der Waals surface area (Å²) in [5, 5.41) is 13.0. The van der Waals surface area contributed by atoms with Crippen molar-refractivity contribution >= 4 is 17.7 Å². The standard InChI is InChI=1S/C13H18N4S/c1-3-18-12-5-4-10(7-12)16-13-15-9(2)6-11(8-14)17-13/h6,10,12H,3-5,7H2,1-2H3,(H,15,16,17). The zero-order valence-corrected chi connectivity index (χ0v) is 11.6. The van der Waals surface area contributed by atoms with Crippen molar-refractivity contribution in [3.05, 3.63) is 17.5 Å². The molecule has 1 aromatic rings. The van der Waals surface area contributed by atoms with Crippen molar-refractivity contribution in [3.8, 4) is 6.07 Å². The predicted octanol–water partition coefficient (Wildman–Crippen LogP) is 2.74. The van der Waals surface area contributed by atoms with Gasteiger partial charge in [-0.2, -0.15) is 17.0 Å². The zero-order chi connectivity index (χ0) is 13.0. The van der Waals surface area contributed by atoms with Gasteiger partial charge in [0, 0.05) is 17.0 Å². The number of thioether (sulfide) groups is 1. The topological polar surface area (TPSA) is 61.6 Å². The first-order valence-electron chi connectivity index (χ1n) is 6.35. The summed E-state index contributed by atoms with van der Waals surface area (Å²) in [6, 6.07) is 4.22. The fourth-order valence-electron chi connectivity index (χ4n) is 2.33. The highest BCUT2D eigenvalue weighted by molar-refractivity contribution is 7.99. The van der Waals surface area contributed by atoms with Crippen LogP contribution in [0, 0.1) is 18.3 Å². The minimum Gasteiger partial charge on any atom is -0.351 e. The number of nitrogens with one attached hydrogen (secondary N) is 1. The van der Waals surface area contributed by atoms with E-state index in [-0.39, 0.29) is 0 Å². The minimum absolute atomic E-state index is 0.433. The second kappa shape index (κ2) is 6.05. The van der Waals surface area contributed by atoms with Gasteiger partial charge in [0.15, 0.2) is 0 Å². The van der Waals surface area contributed by atoms with E-state index in [0.717, 1.165) is 23.8 Å². The smallest absolute Gasteiger partial charge is 0.224 e. The number of anilines is 1. The van der Waals surface area contributed by atoms with Gasteiger partial charge in [-0.1, -0.05) is 6.92 Å². The molecule has 0 bridgehead atoms. The van der Waals surface area contributed by atoms with E-state index in [1.165, 1.54) is 12.2 Å². The van der Waals surface area contributed by atoms with E-state index < -0.39 is 0 Å². The Hall–Kier alpha value is -1.28. The Balaban J connectivity index is 1.98. The zero-order valence-electron chi connectivity index (χ0n) is 10.8. The van der Waals surface area contributed by atoms with Crippen molar-refractivity contribution in [1.29, 1.82) is 5.26 Å². The number of nitriles is 1. The summed E-state index contributed by atoms with van der Waals surface area (Å²) >= 11 is 2.03. The Morgan fingerprint density at radius 3 is 3.06 bits per heavy atom. The van der Waals surface area contributed by atoms with Gasteiger partial charge in [-0.3, -0.25) is 0 Å². The second-order valence-corrected chi connectivity index (χ2v) is 6.14. The lowest BCUT2D eigenvalue weighted by Gasteiger charge is -2.13. The van der Waals surface area contributed by atoms with Gasteiger partial charge in [-0.05, 0) is 38.0 Å². The van der Waals surface area contributed by atoms with Crippen LogP contribution >= 0.6 is 11.8 Å². The molecule has 5 heteroatoms. The molecule has 2 atom stereocenters. The van der Waals surface area contributed by atoms with Crippen molar-refractivity contribution in [3.63, 3.8) is 0 Å². The molecule has 0 saturated heterocycles. The quantitative estimate of drug-likeness (QED) is 0.904. The molecule has 0 amide bonds. The third-order valence-corrected chi connectivity index (χ3v) is 4.32. The van der Waals surface area contributed by atoms with Crippen LogP contribution in [0.5, 0.6) is 0 Å². The van der Waals surface area contributed by atoms with Gasteiger partial charge >= 0.3 is 0 Å². The molecule has 0 aromatic carbocycles. The molecule has 1 saturated carbocycles. The molecule has 18 heavy (non-hydrogen) atoms. The van der Waals surface area contributed by atoms with E-state index in [1.54, 1.807) is 6.07 Å². The summed E-state index contributed by atoms with van der Waals surface area (Å²) in [6.45, 7) is 4.09. The Morgan fingerprint density at radius 1 is 1.50 bits per heavy atom. The maximum atomic E-state index is 8.89. The van der Waals surface area contributed by atoms with Crippen molar-refractivity contribution in [2.24, 2.45) is 0 Å². The van der Waals surface area contributed by atoms with Gasteiger partial charge in [0.2, 0.25) is 5.95 Å². The molecule has 2 unspecified atom stereocenters. The lowest BCUT2D eigenvalue weighted by molar-refractivity contribution is 0.744. The number of aryl methyl sites for hydroxylation is 1. The normalized spacial score (nSPS) is 22.7. The van der Waals surface area contributed by atoms with Gasteiger partial charge in [0.1, 0.15) is 11.8 Å². The Bertz CT molecular complexity index is 455. The van der Waals surface area contributed by atoms with Gasteiger partial charge < -0.3 is 5.32 Å². The molecule has 1 fully saturated rings. The molecule has 4 nitrogen and oxygen atoms in total. The molecular weight excluding hydrogens is 244 g/mol. The van der Waals surface area contributed by atoms with Gasteiger partial charge in [-0.25, -0.2) is 9.97 Å². The first-order chi connectivity index (χ1) is 8.71. The highest BCUT2D eigenvalue weighted by Gasteiger charge is 2.25. The fraction of sp³-hybridized carbons (Fsp3) is 0.615. The Labute approximate surface area is 112 Å².